The van der Waals surface area contributed by atoms with Gasteiger partial charge in [-0.15, -0.1) is 0 Å². The molecule has 1 heterocycles. The summed E-state index contributed by atoms with van der Waals surface area (Å²) in [6.45, 7) is 3.00. The highest BCUT2D eigenvalue weighted by atomic mass is 32.1. The maximum Gasteiger partial charge on any atom is 0.303 e. The van der Waals surface area contributed by atoms with Crippen LogP contribution in [0.2, 0.25) is 0 Å². The third kappa shape index (κ3) is 2.10. The van der Waals surface area contributed by atoms with E-state index in [2.05, 4.69) is 12.6 Å². The van der Waals surface area contributed by atoms with Gasteiger partial charge in [-0.2, -0.15) is 12.6 Å². The van der Waals surface area contributed by atoms with Crippen molar-refractivity contribution in [1.29, 1.82) is 0 Å². The van der Waals surface area contributed by atoms with E-state index in [-0.39, 0.29) is 5.92 Å². The number of aliphatic hydroxyl groups is 1. The predicted octanol–water partition coefficient (Wildman–Crippen LogP) is 0.484. The fourth-order valence-corrected chi connectivity index (χ4v) is 2.84. The first-order valence-corrected chi connectivity index (χ1v) is 6.13. The summed E-state index contributed by atoms with van der Waals surface area (Å²) in [6.07, 6.45) is 1.83. The Balaban J connectivity index is 2.27. The smallest absolute Gasteiger partial charge is 0.303 e. The van der Waals surface area contributed by atoms with E-state index in [4.69, 9.17) is 14.5 Å². The highest BCUT2D eigenvalue weighted by Crippen LogP contribution is 2.44. The number of esters is 1. The second kappa shape index (κ2) is 4.61. The van der Waals surface area contributed by atoms with Crippen molar-refractivity contribution in [1.82, 2.24) is 0 Å². The molecule has 5 atom stereocenters. The molecular formula is C11H16O5S. The molecule has 0 aromatic heterocycles. The normalized spacial score (nSPS) is 41.3. The molecule has 0 aromatic carbocycles. The quantitative estimate of drug-likeness (QED) is 0.334. The minimum Gasteiger partial charge on any atom is -0.455 e. The molecule has 5 nitrogen and oxygen atoms in total. The Morgan fingerprint density at radius 1 is 1.71 bits per heavy atom. The molecule has 1 saturated heterocycles. The van der Waals surface area contributed by atoms with Crippen molar-refractivity contribution in [2.24, 2.45) is 5.92 Å². The van der Waals surface area contributed by atoms with Crippen LogP contribution in [0.1, 0.15) is 13.8 Å². The average Bonchev–Trinajstić information content (AvgIpc) is 2.56. The summed E-state index contributed by atoms with van der Waals surface area (Å²) in [7, 11) is 0. The third-order valence-corrected chi connectivity index (χ3v) is 3.69. The van der Waals surface area contributed by atoms with Crippen LogP contribution in [0.25, 0.3) is 0 Å². The Labute approximate surface area is 105 Å². The molecule has 1 aliphatic heterocycles. The first-order chi connectivity index (χ1) is 8.00. The number of aliphatic hydroxyl groups excluding tert-OH is 1. The van der Waals surface area contributed by atoms with E-state index in [1.807, 2.05) is 0 Å². The van der Waals surface area contributed by atoms with E-state index in [0.717, 1.165) is 0 Å². The number of hydrogen-bond donors (Lipinski definition) is 2. The Hall–Kier alpha value is -0.560. The van der Waals surface area contributed by atoms with E-state index in [1.54, 1.807) is 19.1 Å². The molecule has 6 heteroatoms. The lowest BCUT2D eigenvalue weighted by molar-refractivity contribution is -0.315. The lowest BCUT2D eigenvalue weighted by atomic mass is 9.75. The summed E-state index contributed by atoms with van der Waals surface area (Å²) in [4.78, 5) is 21.5. The van der Waals surface area contributed by atoms with Crippen LogP contribution in [0, 0.1) is 5.92 Å². The van der Waals surface area contributed by atoms with Gasteiger partial charge >= 0.3 is 5.97 Å². The van der Waals surface area contributed by atoms with Gasteiger partial charge in [0.1, 0.15) is 17.8 Å². The van der Waals surface area contributed by atoms with Gasteiger partial charge in [-0.3, -0.25) is 4.79 Å². The lowest BCUT2D eigenvalue weighted by Crippen LogP contribution is -2.51. The molecule has 1 fully saturated rings. The maximum absolute atomic E-state index is 11.0. The van der Waals surface area contributed by atoms with Crippen LogP contribution in [0.5, 0.6) is 0 Å². The van der Waals surface area contributed by atoms with Gasteiger partial charge in [0.15, 0.2) is 0 Å². The van der Waals surface area contributed by atoms with Crippen LogP contribution >= 0.6 is 12.6 Å². The molecule has 0 aromatic rings. The highest BCUT2D eigenvalue weighted by Gasteiger charge is 2.57. The van der Waals surface area contributed by atoms with E-state index in [1.165, 1.54) is 6.92 Å². The van der Waals surface area contributed by atoms with Gasteiger partial charge in [-0.25, -0.2) is 9.78 Å². The molecular weight excluding hydrogens is 244 g/mol. The number of carbonyl (C=O) groups excluding carboxylic acids is 1. The number of fused-ring (bicyclic) bond motifs is 2. The summed E-state index contributed by atoms with van der Waals surface area (Å²) >= 11 is 4.23. The van der Waals surface area contributed by atoms with Crippen LogP contribution in [-0.2, 0) is 19.3 Å². The minimum absolute atomic E-state index is 0.297. The fourth-order valence-electron chi connectivity index (χ4n) is 2.47. The monoisotopic (exact) mass is 260 g/mol. The van der Waals surface area contributed by atoms with Crippen LogP contribution in [0.3, 0.4) is 0 Å². The molecule has 0 radical (unpaired) electrons. The molecule has 96 valence electrons. The van der Waals surface area contributed by atoms with E-state index >= 15 is 0 Å². The molecule has 2 aliphatic rings. The van der Waals surface area contributed by atoms with Crippen LogP contribution in [0.4, 0.5) is 0 Å². The number of thiol groups is 1. The van der Waals surface area contributed by atoms with Crippen molar-refractivity contribution >= 4 is 18.6 Å². The topological polar surface area (TPSA) is 65.0 Å². The van der Waals surface area contributed by atoms with Gasteiger partial charge in [0.25, 0.3) is 0 Å². The van der Waals surface area contributed by atoms with Crippen molar-refractivity contribution in [3.63, 3.8) is 0 Å². The summed E-state index contributed by atoms with van der Waals surface area (Å²) in [5, 5.41) is 9.84. The van der Waals surface area contributed by atoms with E-state index < -0.39 is 29.9 Å². The van der Waals surface area contributed by atoms with Crippen molar-refractivity contribution in [2.45, 2.75) is 37.8 Å². The molecule has 2 bridgehead atoms. The largest absolute Gasteiger partial charge is 0.455 e. The van der Waals surface area contributed by atoms with Crippen molar-refractivity contribution in [3.8, 4) is 0 Å². The molecule has 0 saturated carbocycles. The predicted molar refractivity (Wildman–Crippen MR) is 62.4 cm³/mol. The summed E-state index contributed by atoms with van der Waals surface area (Å²) < 4.78 is 5.12. The SMILES string of the molecule is CC(=O)OC1C=CC2(CS)OOC1C2C(C)O. The molecule has 5 unspecified atom stereocenters. The maximum atomic E-state index is 11.0. The zero-order chi connectivity index (χ0) is 12.6. The molecule has 2 rings (SSSR count). The van der Waals surface area contributed by atoms with E-state index in [9.17, 15) is 9.90 Å². The number of carbonyl (C=O) groups is 1. The Kier molecular flexibility index (Phi) is 3.49. The van der Waals surface area contributed by atoms with Gasteiger partial charge in [0, 0.05) is 12.7 Å². The number of rotatable bonds is 3. The van der Waals surface area contributed by atoms with Crippen molar-refractivity contribution < 1.29 is 24.4 Å². The number of ether oxygens (including phenoxy) is 1. The first kappa shape index (κ1) is 12.9. The zero-order valence-corrected chi connectivity index (χ0v) is 10.6. The van der Waals surface area contributed by atoms with Crippen molar-refractivity contribution in [2.75, 3.05) is 5.75 Å². The van der Waals surface area contributed by atoms with Gasteiger partial charge in [0.05, 0.1) is 12.0 Å². The van der Waals surface area contributed by atoms with Gasteiger partial charge in [-0.05, 0) is 19.1 Å². The molecule has 0 amide bonds. The number of hydrogen-bond acceptors (Lipinski definition) is 6. The van der Waals surface area contributed by atoms with Gasteiger partial charge in [0.2, 0.25) is 0 Å². The second-order valence-electron chi connectivity index (χ2n) is 4.46. The summed E-state index contributed by atoms with van der Waals surface area (Å²) in [5.41, 5.74) is -0.738. The van der Waals surface area contributed by atoms with E-state index in [0.29, 0.717) is 5.75 Å². The van der Waals surface area contributed by atoms with Crippen LogP contribution in [-0.4, -0.2) is 40.7 Å². The minimum atomic E-state index is -0.738. The average molecular weight is 260 g/mol. The van der Waals surface area contributed by atoms with Gasteiger partial charge < -0.3 is 9.84 Å². The van der Waals surface area contributed by atoms with Crippen LogP contribution < -0.4 is 0 Å². The third-order valence-electron chi connectivity index (χ3n) is 3.19. The molecule has 1 aliphatic carbocycles. The summed E-state index contributed by atoms with van der Waals surface area (Å²) in [6, 6.07) is 0. The standard InChI is InChI=1S/C11H16O5S/c1-6(12)9-10-8(14-7(2)13)3-4-11(9,5-17)16-15-10/h3-4,6,8-10,12,17H,5H2,1-2H3. The Bertz CT molecular complexity index is 343. The first-order valence-electron chi connectivity index (χ1n) is 5.50. The van der Waals surface area contributed by atoms with Gasteiger partial charge in [-0.1, -0.05) is 0 Å². The second-order valence-corrected chi connectivity index (χ2v) is 4.77. The molecule has 17 heavy (non-hydrogen) atoms. The highest BCUT2D eigenvalue weighted by molar-refractivity contribution is 7.80. The fraction of sp³-hybridized carbons (Fsp3) is 0.727. The summed E-state index contributed by atoms with van der Waals surface area (Å²) in [5.74, 6) is -0.297. The zero-order valence-electron chi connectivity index (χ0n) is 9.70. The van der Waals surface area contributed by atoms with Crippen molar-refractivity contribution in [3.05, 3.63) is 12.2 Å². The van der Waals surface area contributed by atoms with Crippen LogP contribution in [0.15, 0.2) is 12.2 Å². The Morgan fingerprint density at radius 3 is 2.94 bits per heavy atom. The lowest BCUT2D eigenvalue weighted by Gasteiger charge is -2.35. The Morgan fingerprint density at radius 2 is 2.41 bits per heavy atom. The molecule has 0 spiro atoms. The molecule has 1 N–H and O–H groups in total.